The lowest BCUT2D eigenvalue weighted by Crippen LogP contribution is -2.55. The molecular formula is C14H14ClN3O3. The third kappa shape index (κ3) is 3.72. The van der Waals surface area contributed by atoms with Gasteiger partial charge in [0, 0.05) is 24.7 Å². The van der Waals surface area contributed by atoms with Crippen LogP contribution in [0.1, 0.15) is 17.5 Å². The van der Waals surface area contributed by atoms with E-state index in [9.17, 15) is 9.59 Å². The zero-order chi connectivity index (χ0) is 15.4. The number of halogens is 1. The number of nitrogens with zero attached hydrogens (tertiary/aromatic N) is 2. The number of rotatable bonds is 4. The predicted octanol–water partition coefficient (Wildman–Crippen LogP) is 0.987. The van der Waals surface area contributed by atoms with Crippen molar-refractivity contribution in [1.29, 1.82) is 5.26 Å². The number of carboxylic acid groups (broad SMARTS) is 1. The van der Waals surface area contributed by atoms with Gasteiger partial charge in [-0.05, 0) is 17.7 Å². The van der Waals surface area contributed by atoms with Gasteiger partial charge in [-0.1, -0.05) is 17.7 Å². The fraction of sp³-hybridized carbons (Fsp3) is 0.357. The normalized spacial score (nSPS) is 18.9. The summed E-state index contributed by atoms with van der Waals surface area (Å²) in [5.41, 5.74) is 1.22. The van der Waals surface area contributed by atoms with Crippen molar-refractivity contribution in [1.82, 2.24) is 10.2 Å². The number of nitrogens with one attached hydrogen (secondary N) is 1. The number of piperazine rings is 1. The highest BCUT2D eigenvalue weighted by atomic mass is 35.5. The van der Waals surface area contributed by atoms with E-state index in [-0.39, 0.29) is 12.3 Å². The molecule has 21 heavy (non-hydrogen) atoms. The first-order valence-corrected chi connectivity index (χ1v) is 6.81. The second-order valence-electron chi connectivity index (χ2n) is 4.79. The summed E-state index contributed by atoms with van der Waals surface area (Å²) in [5.74, 6) is -1.30. The molecule has 1 atom stereocenters. The van der Waals surface area contributed by atoms with E-state index in [1.54, 1.807) is 23.1 Å². The van der Waals surface area contributed by atoms with Crippen LogP contribution in [0.15, 0.2) is 18.2 Å². The molecule has 0 saturated carbocycles. The highest BCUT2D eigenvalue weighted by Crippen LogP contribution is 2.21. The molecule has 0 spiro atoms. The van der Waals surface area contributed by atoms with Gasteiger partial charge in [0.25, 0.3) is 0 Å². The molecule has 1 aliphatic heterocycles. The van der Waals surface area contributed by atoms with E-state index in [1.165, 1.54) is 0 Å². The summed E-state index contributed by atoms with van der Waals surface area (Å²) in [6.45, 7) is 1.40. The Morgan fingerprint density at radius 3 is 2.95 bits per heavy atom. The lowest BCUT2D eigenvalue weighted by Gasteiger charge is -2.34. The van der Waals surface area contributed by atoms with Crippen LogP contribution in [0.4, 0.5) is 0 Å². The zero-order valence-corrected chi connectivity index (χ0v) is 11.9. The van der Waals surface area contributed by atoms with Crippen LogP contribution in [0.25, 0.3) is 0 Å². The van der Waals surface area contributed by atoms with Crippen LogP contribution in [0, 0.1) is 11.3 Å². The number of benzene rings is 1. The molecule has 0 bridgehead atoms. The third-order valence-corrected chi connectivity index (χ3v) is 3.72. The predicted molar refractivity (Wildman–Crippen MR) is 75.6 cm³/mol. The van der Waals surface area contributed by atoms with E-state index in [1.807, 2.05) is 6.07 Å². The standard InChI is InChI=1S/C14H14ClN3O3/c15-11-5-9(7-16)1-2-10(11)8-18-4-3-17-14(21)12(18)6-13(19)20/h1-2,5,12H,3-4,6,8H2,(H,17,21)(H,19,20). The van der Waals surface area contributed by atoms with Gasteiger partial charge in [0.2, 0.25) is 5.91 Å². The van der Waals surface area contributed by atoms with Crippen LogP contribution in [0.5, 0.6) is 0 Å². The quantitative estimate of drug-likeness (QED) is 0.865. The maximum Gasteiger partial charge on any atom is 0.305 e. The maximum atomic E-state index is 11.8. The van der Waals surface area contributed by atoms with E-state index >= 15 is 0 Å². The molecule has 1 saturated heterocycles. The monoisotopic (exact) mass is 307 g/mol. The van der Waals surface area contributed by atoms with Crippen molar-refractivity contribution in [3.8, 4) is 6.07 Å². The number of amides is 1. The van der Waals surface area contributed by atoms with Crippen molar-refractivity contribution in [3.63, 3.8) is 0 Å². The summed E-state index contributed by atoms with van der Waals surface area (Å²) in [5, 5.41) is 20.8. The molecule has 1 aromatic carbocycles. The lowest BCUT2D eigenvalue weighted by molar-refractivity contribution is -0.143. The van der Waals surface area contributed by atoms with Gasteiger partial charge in [0.05, 0.1) is 18.1 Å². The molecule has 0 aromatic heterocycles. The Morgan fingerprint density at radius 1 is 1.57 bits per heavy atom. The van der Waals surface area contributed by atoms with Crippen molar-refractivity contribution in [2.75, 3.05) is 13.1 Å². The van der Waals surface area contributed by atoms with Crippen LogP contribution >= 0.6 is 11.6 Å². The molecule has 0 aliphatic carbocycles. The summed E-state index contributed by atoms with van der Waals surface area (Å²) in [6, 6.07) is 6.24. The zero-order valence-electron chi connectivity index (χ0n) is 11.2. The largest absolute Gasteiger partial charge is 0.481 e. The van der Waals surface area contributed by atoms with E-state index in [0.717, 1.165) is 5.56 Å². The first-order valence-electron chi connectivity index (χ1n) is 6.43. The second kappa shape index (κ2) is 6.57. The number of hydrogen-bond donors (Lipinski definition) is 2. The van der Waals surface area contributed by atoms with Crippen molar-refractivity contribution in [2.45, 2.75) is 19.0 Å². The molecule has 110 valence electrons. The summed E-state index contributed by atoms with van der Waals surface area (Å²) >= 11 is 6.12. The Labute approximate surface area is 126 Å². The molecular weight excluding hydrogens is 294 g/mol. The fourth-order valence-corrected chi connectivity index (χ4v) is 2.54. The van der Waals surface area contributed by atoms with Gasteiger partial charge in [-0.25, -0.2) is 0 Å². The first kappa shape index (κ1) is 15.3. The van der Waals surface area contributed by atoms with E-state index in [2.05, 4.69) is 5.32 Å². The number of carboxylic acids is 1. The summed E-state index contributed by atoms with van der Waals surface area (Å²) in [6.07, 6.45) is -0.250. The molecule has 6 nitrogen and oxygen atoms in total. The number of hydrogen-bond acceptors (Lipinski definition) is 4. The third-order valence-electron chi connectivity index (χ3n) is 3.37. The highest BCUT2D eigenvalue weighted by molar-refractivity contribution is 6.31. The molecule has 1 aromatic rings. The molecule has 0 radical (unpaired) electrons. The Balaban J connectivity index is 2.18. The Bertz CT molecular complexity index is 612. The van der Waals surface area contributed by atoms with Gasteiger partial charge in [-0.15, -0.1) is 0 Å². The van der Waals surface area contributed by atoms with Crippen molar-refractivity contribution >= 4 is 23.5 Å². The van der Waals surface area contributed by atoms with Crippen molar-refractivity contribution in [3.05, 3.63) is 34.3 Å². The van der Waals surface area contributed by atoms with Crippen LogP contribution in [0.2, 0.25) is 5.02 Å². The smallest absolute Gasteiger partial charge is 0.305 e. The second-order valence-corrected chi connectivity index (χ2v) is 5.20. The minimum atomic E-state index is -1.02. The van der Waals surface area contributed by atoms with Gasteiger partial charge in [0.1, 0.15) is 6.04 Å². The van der Waals surface area contributed by atoms with E-state index in [0.29, 0.717) is 30.2 Å². The first-order chi connectivity index (χ1) is 10.0. The number of carbonyl (C=O) groups excluding carboxylic acids is 1. The van der Waals surface area contributed by atoms with Gasteiger partial charge >= 0.3 is 5.97 Å². The van der Waals surface area contributed by atoms with Gasteiger partial charge in [0.15, 0.2) is 0 Å². The average Bonchev–Trinajstić information content (AvgIpc) is 2.44. The van der Waals surface area contributed by atoms with Crippen LogP contribution in [0.3, 0.4) is 0 Å². The summed E-state index contributed by atoms with van der Waals surface area (Å²) < 4.78 is 0. The Kier molecular flexibility index (Phi) is 4.78. The number of nitriles is 1. The summed E-state index contributed by atoms with van der Waals surface area (Å²) in [7, 11) is 0. The van der Waals surface area contributed by atoms with Crippen LogP contribution in [-0.2, 0) is 16.1 Å². The van der Waals surface area contributed by atoms with E-state index < -0.39 is 12.0 Å². The SMILES string of the molecule is N#Cc1ccc(CN2CCNC(=O)C2CC(=O)O)c(Cl)c1. The van der Waals surface area contributed by atoms with Crippen LogP contribution < -0.4 is 5.32 Å². The van der Waals surface area contributed by atoms with Crippen molar-refractivity contribution in [2.24, 2.45) is 0 Å². The van der Waals surface area contributed by atoms with E-state index in [4.69, 9.17) is 22.0 Å². The molecule has 1 aliphatic rings. The number of carbonyl (C=O) groups is 2. The molecule has 1 fully saturated rings. The molecule has 1 amide bonds. The molecule has 7 heteroatoms. The van der Waals surface area contributed by atoms with Crippen LogP contribution in [-0.4, -0.2) is 41.0 Å². The summed E-state index contributed by atoms with van der Waals surface area (Å²) in [4.78, 5) is 24.5. The fourth-order valence-electron chi connectivity index (χ4n) is 2.30. The Hall–Kier alpha value is -2.10. The topological polar surface area (TPSA) is 93.4 Å². The molecule has 2 N–H and O–H groups in total. The Morgan fingerprint density at radius 2 is 2.33 bits per heavy atom. The molecule has 2 rings (SSSR count). The number of aliphatic carboxylic acids is 1. The minimum Gasteiger partial charge on any atom is -0.481 e. The van der Waals surface area contributed by atoms with Gasteiger partial charge < -0.3 is 10.4 Å². The van der Waals surface area contributed by atoms with Gasteiger partial charge in [-0.3, -0.25) is 14.5 Å². The molecule has 1 heterocycles. The lowest BCUT2D eigenvalue weighted by atomic mass is 10.1. The van der Waals surface area contributed by atoms with Crippen molar-refractivity contribution < 1.29 is 14.7 Å². The highest BCUT2D eigenvalue weighted by Gasteiger charge is 2.31. The molecule has 1 unspecified atom stereocenters. The average molecular weight is 308 g/mol. The maximum absolute atomic E-state index is 11.8. The minimum absolute atomic E-state index is 0.250. The van der Waals surface area contributed by atoms with Gasteiger partial charge in [-0.2, -0.15) is 5.26 Å².